The van der Waals surface area contributed by atoms with Crippen molar-refractivity contribution in [1.82, 2.24) is 4.90 Å². The van der Waals surface area contributed by atoms with Gasteiger partial charge in [0.2, 0.25) is 0 Å². The molecule has 2 rings (SSSR count). The lowest BCUT2D eigenvalue weighted by Gasteiger charge is -2.29. The third kappa shape index (κ3) is 2.76. The smallest absolute Gasteiger partial charge is 0.120 e. The Kier molecular flexibility index (Phi) is 3.49. The van der Waals surface area contributed by atoms with Crippen LogP contribution in [0, 0.1) is 13.8 Å². The van der Waals surface area contributed by atoms with E-state index in [0.717, 1.165) is 31.7 Å². The number of hydrogen-bond donors (Lipinski definition) is 0. The van der Waals surface area contributed by atoms with Crippen LogP contribution in [0.15, 0.2) is 18.2 Å². The van der Waals surface area contributed by atoms with E-state index >= 15 is 0 Å². The maximum absolute atomic E-state index is 6.01. The minimum atomic E-state index is 0.401. The molecular weight excluding hydrogens is 198 g/mol. The van der Waals surface area contributed by atoms with Crippen LogP contribution in [-0.2, 0) is 0 Å². The van der Waals surface area contributed by atoms with Gasteiger partial charge in [-0.15, -0.1) is 0 Å². The lowest BCUT2D eigenvalue weighted by molar-refractivity contribution is 0.114. The van der Waals surface area contributed by atoms with Crippen LogP contribution in [0.25, 0.3) is 0 Å². The average Bonchev–Trinajstić information content (AvgIpc) is 2.27. The third-order valence-corrected chi connectivity index (χ3v) is 3.45. The molecule has 0 aromatic heterocycles. The van der Waals surface area contributed by atoms with E-state index in [1.165, 1.54) is 11.1 Å². The number of nitrogens with zero attached hydrogens (tertiary/aromatic N) is 1. The molecular formula is C14H21NO. The van der Waals surface area contributed by atoms with Crippen LogP contribution in [0.3, 0.4) is 0 Å². The second-order valence-corrected chi connectivity index (χ2v) is 4.87. The lowest BCUT2D eigenvalue weighted by atomic mass is 10.1. The summed E-state index contributed by atoms with van der Waals surface area (Å²) in [4.78, 5) is 2.36. The van der Waals surface area contributed by atoms with Crippen molar-refractivity contribution in [2.45, 2.75) is 32.8 Å². The summed E-state index contributed by atoms with van der Waals surface area (Å²) in [6.45, 7) is 6.57. The molecule has 2 nitrogen and oxygen atoms in total. The van der Waals surface area contributed by atoms with E-state index < -0.39 is 0 Å². The number of piperidine rings is 1. The molecule has 1 aromatic carbocycles. The SMILES string of the molecule is Cc1ccc(OC2CCN(C)CC2)cc1C. The van der Waals surface area contributed by atoms with Crippen molar-refractivity contribution < 1.29 is 4.74 Å². The maximum Gasteiger partial charge on any atom is 0.120 e. The van der Waals surface area contributed by atoms with Gasteiger partial charge in [-0.1, -0.05) is 6.07 Å². The Morgan fingerprint density at radius 1 is 1.12 bits per heavy atom. The van der Waals surface area contributed by atoms with E-state index in [1.807, 2.05) is 0 Å². The molecule has 0 atom stereocenters. The fourth-order valence-electron chi connectivity index (χ4n) is 2.08. The largest absolute Gasteiger partial charge is 0.490 e. The summed E-state index contributed by atoms with van der Waals surface area (Å²) in [6.07, 6.45) is 2.69. The molecule has 1 aromatic rings. The van der Waals surface area contributed by atoms with Crippen LogP contribution in [0.2, 0.25) is 0 Å². The van der Waals surface area contributed by atoms with Crippen molar-refractivity contribution in [3.05, 3.63) is 29.3 Å². The summed E-state index contributed by atoms with van der Waals surface area (Å²) in [5, 5.41) is 0. The molecule has 0 spiro atoms. The predicted molar refractivity (Wildman–Crippen MR) is 67.1 cm³/mol. The minimum absolute atomic E-state index is 0.401. The second-order valence-electron chi connectivity index (χ2n) is 4.87. The molecule has 2 heteroatoms. The predicted octanol–water partition coefficient (Wildman–Crippen LogP) is 2.78. The topological polar surface area (TPSA) is 12.5 Å². The summed E-state index contributed by atoms with van der Waals surface area (Å²) < 4.78 is 6.01. The number of ether oxygens (including phenoxy) is 1. The van der Waals surface area contributed by atoms with E-state index in [2.05, 4.69) is 44.0 Å². The molecule has 0 aliphatic carbocycles. The van der Waals surface area contributed by atoms with Gasteiger partial charge in [-0.25, -0.2) is 0 Å². The van der Waals surface area contributed by atoms with Gasteiger partial charge in [0.15, 0.2) is 0 Å². The molecule has 0 bridgehead atoms. The first-order chi connectivity index (χ1) is 7.65. The van der Waals surface area contributed by atoms with Gasteiger partial charge in [0.05, 0.1) is 0 Å². The van der Waals surface area contributed by atoms with Crippen LogP contribution in [0.1, 0.15) is 24.0 Å². The van der Waals surface area contributed by atoms with Gasteiger partial charge in [0.1, 0.15) is 11.9 Å². The van der Waals surface area contributed by atoms with Crippen molar-refractivity contribution in [2.75, 3.05) is 20.1 Å². The van der Waals surface area contributed by atoms with Gasteiger partial charge in [-0.2, -0.15) is 0 Å². The third-order valence-electron chi connectivity index (χ3n) is 3.45. The van der Waals surface area contributed by atoms with Crippen molar-refractivity contribution in [2.24, 2.45) is 0 Å². The van der Waals surface area contributed by atoms with Gasteiger partial charge in [-0.05, 0) is 57.0 Å². The van der Waals surface area contributed by atoms with Crippen LogP contribution in [0.4, 0.5) is 0 Å². The zero-order chi connectivity index (χ0) is 11.5. The standard InChI is InChI=1S/C14H21NO/c1-11-4-5-14(10-12(11)2)16-13-6-8-15(3)9-7-13/h4-5,10,13H,6-9H2,1-3H3. The minimum Gasteiger partial charge on any atom is -0.490 e. The summed E-state index contributed by atoms with van der Waals surface area (Å²) in [7, 11) is 2.17. The van der Waals surface area contributed by atoms with Crippen molar-refractivity contribution in [3.8, 4) is 5.75 Å². The average molecular weight is 219 g/mol. The van der Waals surface area contributed by atoms with Crippen LogP contribution >= 0.6 is 0 Å². The van der Waals surface area contributed by atoms with E-state index in [4.69, 9.17) is 4.74 Å². The highest BCUT2D eigenvalue weighted by Crippen LogP contribution is 2.21. The van der Waals surface area contributed by atoms with Crippen LogP contribution in [-0.4, -0.2) is 31.1 Å². The molecule has 0 amide bonds. The highest BCUT2D eigenvalue weighted by Gasteiger charge is 2.17. The molecule has 0 N–H and O–H groups in total. The molecule has 1 fully saturated rings. The lowest BCUT2D eigenvalue weighted by Crippen LogP contribution is -2.35. The quantitative estimate of drug-likeness (QED) is 0.758. The number of benzene rings is 1. The fraction of sp³-hybridized carbons (Fsp3) is 0.571. The first-order valence-corrected chi connectivity index (χ1v) is 6.07. The molecule has 1 heterocycles. The monoisotopic (exact) mass is 219 g/mol. The Morgan fingerprint density at radius 2 is 1.81 bits per heavy atom. The van der Waals surface area contributed by atoms with Gasteiger partial charge < -0.3 is 9.64 Å². The summed E-state index contributed by atoms with van der Waals surface area (Å²) >= 11 is 0. The number of rotatable bonds is 2. The molecule has 1 saturated heterocycles. The van der Waals surface area contributed by atoms with Gasteiger partial charge in [0.25, 0.3) is 0 Å². The first kappa shape index (κ1) is 11.5. The van der Waals surface area contributed by atoms with Crippen LogP contribution in [0.5, 0.6) is 5.75 Å². The molecule has 88 valence electrons. The fourth-order valence-corrected chi connectivity index (χ4v) is 2.08. The number of aryl methyl sites for hydroxylation is 2. The Bertz CT molecular complexity index is 354. The maximum atomic E-state index is 6.01. The molecule has 0 radical (unpaired) electrons. The first-order valence-electron chi connectivity index (χ1n) is 6.07. The zero-order valence-electron chi connectivity index (χ0n) is 10.5. The summed E-state index contributed by atoms with van der Waals surface area (Å²) in [5.74, 6) is 1.03. The Balaban J connectivity index is 1.96. The van der Waals surface area contributed by atoms with E-state index in [9.17, 15) is 0 Å². The van der Waals surface area contributed by atoms with Crippen molar-refractivity contribution >= 4 is 0 Å². The Labute approximate surface area is 98.2 Å². The second kappa shape index (κ2) is 4.88. The Morgan fingerprint density at radius 3 is 2.44 bits per heavy atom. The van der Waals surface area contributed by atoms with Crippen LogP contribution < -0.4 is 4.74 Å². The number of hydrogen-bond acceptors (Lipinski definition) is 2. The van der Waals surface area contributed by atoms with Crippen molar-refractivity contribution in [3.63, 3.8) is 0 Å². The van der Waals surface area contributed by atoms with E-state index in [-0.39, 0.29) is 0 Å². The van der Waals surface area contributed by atoms with Gasteiger partial charge >= 0.3 is 0 Å². The van der Waals surface area contributed by atoms with E-state index in [1.54, 1.807) is 0 Å². The van der Waals surface area contributed by atoms with E-state index in [0.29, 0.717) is 6.10 Å². The molecule has 0 saturated carbocycles. The zero-order valence-corrected chi connectivity index (χ0v) is 10.5. The van der Waals surface area contributed by atoms with Gasteiger partial charge in [-0.3, -0.25) is 0 Å². The molecule has 16 heavy (non-hydrogen) atoms. The number of likely N-dealkylation sites (tertiary alicyclic amines) is 1. The summed E-state index contributed by atoms with van der Waals surface area (Å²) in [5.41, 5.74) is 2.64. The molecule has 1 aliphatic rings. The Hall–Kier alpha value is -1.02. The molecule has 0 unspecified atom stereocenters. The highest BCUT2D eigenvalue weighted by molar-refractivity contribution is 5.33. The highest BCUT2D eigenvalue weighted by atomic mass is 16.5. The van der Waals surface area contributed by atoms with Gasteiger partial charge in [0, 0.05) is 13.1 Å². The summed E-state index contributed by atoms with van der Waals surface area (Å²) in [6, 6.07) is 6.37. The van der Waals surface area contributed by atoms with Crippen molar-refractivity contribution in [1.29, 1.82) is 0 Å². The normalized spacial score (nSPS) is 18.7. The molecule has 1 aliphatic heterocycles.